The molecule has 1 saturated heterocycles. The molecule has 0 bridgehead atoms. The molecule has 1 aromatic heterocycles. The van der Waals surface area contributed by atoms with Crippen molar-refractivity contribution >= 4 is 23.5 Å². The molecule has 1 aliphatic rings. The van der Waals surface area contributed by atoms with E-state index in [-0.39, 0.29) is 48.7 Å². The van der Waals surface area contributed by atoms with Crippen LogP contribution in [0, 0.1) is 5.41 Å². The standard InChI is InChI=1S/C21H27N5O3/c1-21(2,3)17(13-25-11-10-22-14-25)24-20(29)23-16-6-4-15(5-7-16)12-26-18(27)8-9-19(26)28/h4-7,10-11,14,17H,8-9,12-13H2,1-3H3,(H2,23,24,29)/t17-/m0/s1. The Morgan fingerprint density at radius 3 is 2.34 bits per heavy atom. The molecule has 29 heavy (non-hydrogen) atoms. The third-order valence-electron chi connectivity index (χ3n) is 5.01. The second-order valence-corrected chi connectivity index (χ2v) is 8.35. The number of anilines is 1. The highest BCUT2D eigenvalue weighted by Gasteiger charge is 2.29. The highest BCUT2D eigenvalue weighted by molar-refractivity contribution is 6.01. The van der Waals surface area contributed by atoms with Gasteiger partial charge in [0, 0.05) is 37.5 Å². The lowest BCUT2D eigenvalue weighted by atomic mass is 9.86. The number of aromatic nitrogens is 2. The quantitative estimate of drug-likeness (QED) is 0.733. The van der Waals surface area contributed by atoms with Gasteiger partial charge in [0.2, 0.25) is 11.8 Å². The molecule has 4 amide bonds. The molecular formula is C21H27N5O3. The van der Waals surface area contributed by atoms with E-state index in [2.05, 4.69) is 36.4 Å². The highest BCUT2D eigenvalue weighted by atomic mass is 16.2. The van der Waals surface area contributed by atoms with Gasteiger partial charge in [-0.3, -0.25) is 14.5 Å². The van der Waals surface area contributed by atoms with Gasteiger partial charge in [0.15, 0.2) is 0 Å². The van der Waals surface area contributed by atoms with Gasteiger partial charge in [0.25, 0.3) is 0 Å². The predicted octanol–water partition coefficient (Wildman–Crippen LogP) is 2.77. The molecule has 1 aromatic carbocycles. The van der Waals surface area contributed by atoms with Crippen LogP contribution in [0.3, 0.4) is 0 Å². The molecule has 0 spiro atoms. The maximum absolute atomic E-state index is 12.5. The lowest BCUT2D eigenvalue weighted by Gasteiger charge is -2.31. The van der Waals surface area contributed by atoms with Crippen molar-refractivity contribution in [2.24, 2.45) is 5.41 Å². The summed E-state index contributed by atoms with van der Waals surface area (Å²) in [5.41, 5.74) is 1.34. The van der Waals surface area contributed by atoms with Gasteiger partial charge in [-0.1, -0.05) is 32.9 Å². The molecule has 8 heteroatoms. The molecule has 3 rings (SSSR count). The summed E-state index contributed by atoms with van der Waals surface area (Å²) in [6.07, 6.45) is 5.88. The van der Waals surface area contributed by atoms with E-state index in [9.17, 15) is 14.4 Å². The Hall–Kier alpha value is -3.16. The number of hydrogen-bond donors (Lipinski definition) is 2. The van der Waals surface area contributed by atoms with Crippen molar-refractivity contribution in [1.82, 2.24) is 19.8 Å². The average molecular weight is 397 g/mol. The van der Waals surface area contributed by atoms with E-state index in [0.29, 0.717) is 12.2 Å². The number of imide groups is 1. The molecule has 0 saturated carbocycles. The van der Waals surface area contributed by atoms with Gasteiger partial charge in [-0.2, -0.15) is 0 Å². The summed E-state index contributed by atoms with van der Waals surface area (Å²) < 4.78 is 1.94. The number of carbonyl (C=O) groups is 3. The van der Waals surface area contributed by atoms with Crippen LogP contribution in [0.2, 0.25) is 0 Å². The largest absolute Gasteiger partial charge is 0.335 e. The molecule has 2 aromatic rings. The van der Waals surface area contributed by atoms with Crippen LogP contribution in [-0.2, 0) is 22.7 Å². The maximum Gasteiger partial charge on any atom is 0.319 e. The Morgan fingerprint density at radius 1 is 1.14 bits per heavy atom. The Balaban J connectivity index is 1.58. The fourth-order valence-electron chi connectivity index (χ4n) is 3.14. The van der Waals surface area contributed by atoms with Gasteiger partial charge < -0.3 is 15.2 Å². The number of hydrogen-bond acceptors (Lipinski definition) is 4. The van der Waals surface area contributed by atoms with Crippen LogP contribution in [0.5, 0.6) is 0 Å². The summed E-state index contributed by atoms with van der Waals surface area (Å²) in [5.74, 6) is -0.273. The van der Waals surface area contributed by atoms with Gasteiger partial charge in [0.1, 0.15) is 0 Å². The summed E-state index contributed by atoms with van der Waals surface area (Å²) in [6.45, 7) is 7.11. The molecule has 154 valence electrons. The van der Waals surface area contributed by atoms with Crippen LogP contribution in [0.4, 0.5) is 10.5 Å². The minimum atomic E-state index is -0.289. The van der Waals surface area contributed by atoms with Crippen LogP contribution in [0.1, 0.15) is 39.2 Å². The zero-order valence-corrected chi connectivity index (χ0v) is 17.0. The third kappa shape index (κ3) is 5.43. The number of amides is 4. The number of carbonyl (C=O) groups excluding carboxylic acids is 3. The van der Waals surface area contributed by atoms with Gasteiger partial charge >= 0.3 is 6.03 Å². The van der Waals surface area contributed by atoms with E-state index in [0.717, 1.165) is 5.56 Å². The van der Waals surface area contributed by atoms with Crippen LogP contribution in [0.15, 0.2) is 43.0 Å². The van der Waals surface area contributed by atoms with E-state index in [1.165, 1.54) is 4.90 Å². The fourth-order valence-corrected chi connectivity index (χ4v) is 3.14. The summed E-state index contributed by atoms with van der Waals surface area (Å²) in [4.78, 5) is 41.3. The molecule has 0 radical (unpaired) electrons. The minimum absolute atomic E-state index is 0.0943. The molecule has 2 heterocycles. The van der Waals surface area contributed by atoms with Crippen molar-refractivity contribution in [2.75, 3.05) is 5.32 Å². The monoisotopic (exact) mass is 397 g/mol. The molecule has 0 aliphatic carbocycles. The Bertz CT molecular complexity index is 853. The molecule has 1 atom stereocenters. The third-order valence-corrected chi connectivity index (χ3v) is 5.01. The van der Waals surface area contributed by atoms with E-state index >= 15 is 0 Å². The first-order valence-electron chi connectivity index (χ1n) is 9.68. The van der Waals surface area contributed by atoms with E-state index in [4.69, 9.17) is 0 Å². The van der Waals surface area contributed by atoms with Crippen LogP contribution < -0.4 is 10.6 Å². The Labute approximate surface area is 170 Å². The van der Waals surface area contributed by atoms with Gasteiger partial charge in [-0.05, 0) is 23.1 Å². The Morgan fingerprint density at radius 2 is 1.79 bits per heavy atom. The second-order valence-electron chi connectivity index (χ2n) is 8.35. The number of likely N-dealkylation sites (tertiary alicyclic amines) is 1. The highest BCUT2D eigenvalue weighted by Crippen LogP contribution is 2.21. The molecule has 8 nitrogen and oxygen atoms in total. The predicted molar refractivity (Wildman–Crippen MR) is 109 cm³/mol. The van der Waals surface area contributed by atoms with Gasteiger partial charge in [-0.15, -0.1) is 0 Å². The minimum Gasteiger partial charge on any atom is -0.335 e. The number of rotatable bonds is 6. The smallest absolute Gasteiger partial charge is 0.319 e. The molecule has 0 unspecified atom stereocenters. The molecule has 1 aliphatic heterocycles. The Kier molecular flexibility index (Phi) is 6.00. The SMILES string of the molecule is CC(C)(C)[C@H](Cn1ccnc1)NC(=O)Nc1ccc(CN2C(=O)CCC2=O)cc1. The van der Waals surface area contributed by atoms with Crippen LogP contribution in [-0.4, -0.2) is 38.3 Å². The van der Waals surface area contributed by atoms with Crippen molar-refractivity contribution in [3.05, 3.63) is 48.5 Å². The summed E-state index contributed by atoms with van der Waals surface area (Å²) in [7, 11) is 0. The topological polar surface area (TPSA) is 96.3 Å². The van der Waals surface area contributed by atoms with Crippen LogP contribution >= 0.6 is 0 Å². The molecule has 2 N–H and O–H groups in total. The normalized spacial score (nSPS) is 15.5. The molecular weight excluding hydrogens is 370 g/mol. The van der Waals surface area contributed by atoms with Crippen molar-refractivity contribution in [3.63, 3.8) is 0 Å². The van der Waals surface area contributed by atoms with Crippen molar-refractivity contribution in [2.45, 2.75) is 52.7 Å². The van der Waals surface area contributed by atoms with E-state index < -0.39 is 0 Å². The summed E-state index contributed by atoms with van der Waals surface area (Å²) in [6, 6.07) is 6.76. The fraction of sp³-hybridized carbons (Fsp3) is 0.429. The summed E-state index contributed by atoms with van der Waals surface area (Å²) >= 11 is 0. The number of urea groups is 1. The van der Waals surface area contributed by atoms with Crippen molar-refractivity contribution in [1.29, 1.82) is 0 Å². The van der Waals surface area contributed by atoms with Crippen molar-refractivity contribution in [3.8, 4) is 0 Å². The average Bonchev–Trinajstić information content (AvgIpc) is 3.27. The first-order chi connectivity index (χ1) is 13.7. The first-order valence-corrected chi connectivity index (χ1v) is 9.68. The van der Waals surface area contributed by atoms with Crippen LogP contribution in [0.25, 0.3) is 0 Å². The van der Waals surface area contributed by atoms with E-state index in [1.807, 2.05) is 10.8 Å². The lowest BCUT2D eigenvalue weighted by molar-refractivity contribution is -0.139. The molecule has 1 fully saturated rings. The lowest BCUT2D eigenvalue weighted by Crippen LogP contribution is -2.47. The van der Waals surface area contributed by atoms with Crippen molar-refractivity contribution < 1.29 is 14.4 Å². The second kappa shape index (κ2) is 8.46. The zero-order chi connectivity index (χ0) is 21.0. The number of nitrogens with one attached hydrogen (secondary N) is 2. The number of imidazole rings is 1. The maximum atomic E-state index is 12.5. The van der Waals surface area contributed by atoms with Gasteiger partial charge in [-0.25, -0.2) is 9.78 Å². The number of nitrogens with zero attached hydrogens (tertiary/aromatic N) is 3. The zero-order valence-electron chi connectivity index (χ0n) is 17.0. The first kappa shape index (κ1) is 20.6. The van der Waals surface area contributed by atoms with E-state index in [1.54, 1.807) is 36.8 Å². The number of benzene rings is 1. The summed E-state index contributed by atoms with van der Waals surface area (Å²) in [5, 5.41) is 5.87. The van der Waals surface area contributed by atoms with Gasteiger partial charge in [0.05, 0.1) is 18.9 Å².